The molecule has 0 bridgehead atoms. The van der Waals surface area contributed by atoms with Crippen molar-refractivity contribution in [1.82, 2.24) is 9.97 Å². The van der Waals surface area contributed by atoms with Gasteiger partial charge in [0.05, 0.1) is 24.7 Å². The standard InChI is InChI=1S/C22H21F2N3O2/c1-6-16(24)20(13(3)23)21(28)27-19-10-25-17(9-26-19)14-8-15-18(7-12(14)2)29-11-22(15,4)5/h6-10H,1,3,11H2,2,4-5H3,(H,26,27,28)/b20-16-. The SMILES string of the molecule is C=C/C(F)=C(\C(=C)F)C(=O)Nc1cnc(-c2cc3c(cc2C)OCC3(C)C)cn1. The summed E-state index contributed by atoms with van der Waals surface area (Å²) in [7, 11) is 0. The predicted molar refractivity (Wildman–Crippen MR) is 108 cm³/mol. The van der Waals surface area contributed by atoms with Crippen molar-refractivity contribution in [3.05, 3.63) is 72.1 Å². The number of benzene rings is 1. The molecule has 0 unspecified atom stereocenters. The maximum Gasteiger partial charge on any atom is 0.262 e. The molecule has 0 atom stereocenters. The van der Waals surface area contributed by atoms with Gasteiger partial charge in [0.1, 0.15) is 23.0 Å². The van der Waals surface area contributed by atoms with Crippen LogP contribution in [0.15, 0.2) is 61.0 Å². The van der Waals surface area contributed by atoms with Crippen molar-refractivity contribution in [2.45, 2.75) is 26.2 Å². The minimum Gasteiger partial charge on any atom is -0.492 e. The molecule has 5 nitrogen and oxygen atoms in total. The third kappa shape index (κ3) is 3.94. The van der Waals surface area contributed by atoms with Gasteiger partial charge in [0.2, 0.25) is 0 Å². The first kappa shape index (κ1) is 20.4. The summed E-state index contributed by atoms with van der Waals surface area (Å²) in [6, 6.07) is 4.01. The van der Waals surface area contributed by atoms with Crippen LogP contribution in [0.3, 0.4) is 0 Å². The number of nitrogens with zero attached hydrogens (tertiary/aromatic N) is 2. The third-order valence-electron chi connectivity index (χ3n) is 4.73. The van der Waals surface area contributed by atoms with E-state index in [-0.39, 0.29) is 11.2 Å². The summed E-state index contributed by atoms with van der Waals surface area (Å²) in [6.07, 6.45) is 3.55. The first-order valence-electron chi connectivity index (χ1n) is 8.92. The summed E-state index contributed by atoms with van der Waals surface area (Å²) in [5.41, 5.74) is 2.62. The number of aromatic nitrogens is 2. The van der Waals surface area contributed by atoms with Gasteiger partial charge in [0.15, 0.2) is 5.82 Å². The number of halogens is 2. The smallest absolute Gasteiger partial charge is 0.262 e. The van der Waals surface area contributed by atoms with E-state index >= 15 is 0 Å². The Morgan fingerprint density at radius 3 is 2.59 bits per heavy atom. The Labute approximate surface area is 167 Å². The lowest BCUT2D eigenvalue weighted by atomic mass is 9.85. The highest BCUT2D eigenvalue weighted by molar-refractivity contribution is 6.06. The second-order valence-electron chi connectivity index (χ2n) is 7.41. The fourth-order valence-corrected chi connectivity index (χ4v) is 3.12. The van der Waals surface area contributed by atoms with E-state index in [1.807, 2.05) is 19.1 Å². The lowest BCUT2D eigenvalue weighted by Gasteiger charge is -2.16. The first-order chi connectivity index (χ1) is 13.6. The van der Waals surface area contributed by atoms with Crippen LogP contribution in [0, 0.1) is 6.92 Å². The molecular weight excluding hydrogens is 376 g/mol. The minimum atomic E-state index is -1.21. The van der Waals surface area contributed by atoms with Crippen LogP contribution in [0.4, 0.5) is 14.6 Å². The van der Waals surface area contributed by atoms with Crippen LogP contribution in [-0.2, 0) is 10.2 Å². The molecule has 29 heavy (non-hydrogen) atoms. The van der Waals surface area contributed by atoms with Crippen LogP contribution in [-0.4, -0.2) is 22.5 Å². The number of ether oxygens (including phenoxy) is 1. The van der Waals surface area contributed by atoms with Crippen molar-refractivity contribution >= 4 is 11.7 Å². The number of carbonyl (C=O) groups is 1. The molecule has 1 aromatic carbocycles. The zero-order valence-electron chi connectivity index (χ0n) is 16.5. The molecule has 150 valence electrons. The molecule has 1 aromatic heterocycles. The van der Waals surface area contributed by atoms with Gasteiger partial charge in [0, 0.05) is 16.5 Å². The first-order valence-corrected chi connectivity index (χ1v) is 8.92. The maximum atomic E-state index is 13.7. The van der Waals surface area contributed by atoms with Gasteiger partial charge < -0.3 is 10.1 Å². The average Bonchev–Trinajstić information content (AvgIpc) is 2.95. The van der Waals surface area contributed by atoms with E-state index in [1.54, 1.807) is 0 Å². The fraction of sp³-hybridized carbons (Fsp3) is 0.227. The van der Waals surface area contributed by atoms with E-state index in [9.17, 15) is 13.6 Å². The molecule has 1 amide bonds. The number of amides is 1. The number of fused-ring (bicyclic) bond motifs is 1. The van der Waals surface area contributed by atoms with E-state index in [2.05, 4.69) is 42.3 Å². The van der Waals surface area contributed by atoms with Gasteiger partial charge in [-0.1, -0.05) is 27.0 Å². The van der Waals surface area contributed by atoms with Crippen LogP contribution < -0.4 is 10.1 Å². The van der Waals surface area contributed by atoms with E-state index < -0.39 is 23.1 Å². The second kappa shape index (κ2) is 7.58. The second-order valence-corrected chi connectivity index (χ2v) is 7.41. The quantitative estimate of drug-likeness (QED) is 0.573. The monoisotopic (exact) mass is 397 g/mol. The Morgan fingerprint density at radius 1 is 1.28 bits per heavy atom. The fourth-order valence-electron chi connectivity index (χ4n) is 3.12. The van der Waals surface area contributed by atoms with Gasteiger partial charge in [-0.05, 0) is 30.7 Å². The summed E-state index contributed by atoms with van der Waals surface area (Å²) in [5, 5.41) is 2.31. The van der Waals surface area contributed by atoms with Gasteiger partial charge in [0.25, 0.3) is 5.91 Å². The molecule has 0 radical (unpaired) electrons. The molecule has 3 rings (SSSR count). The van der Waals surface area contributed by atoms with Crippen molar-refractivity contribution in [2.75, 3.05) is 11.9 Å². The molecule has 0 spiro atoms. The number of allylic oxidation sites excluding steroid dienone is 2. The molecule has 0 fully saturated rings. The number of rotatable bonds is 5. The van der Waals surface area contributed by atoms with Crippen LogP contribution in [0.5, 0.6) is 5.75 Å². The Kier molecular flexibility index (Phi) is 5.33. The number of carbonyl (C=O) groups excluding carboxylic acids is 1. The van der Waals surface area contributed by atoms with Crippen LogP contribution in [0.1, 0.15) is 25.0 Å². The van der Waals surface area contributed by atoms with E-state index in [0.717, 1.165) is 28.5 Å². The molecular formula is C22H21F2N3O2. The number of aryl methyl sites for hydroxylation is 1. The zero-order chi connectivity index (χ0) is 21.3. The highest BCUT2D eigenvalue weighted by Crippen LogP contribution is 2.41. The molecule has 0 aliphatic carbocycles. The summed E-state index contributed by atoms with van der Waals surface area (Å²) >= 11 is 0. The Morgan fingerprint density at radius 2 is 2.00 bits per heavy atom. The molecule has 1 aliphatic heterocycles. The maximum absolute atomic E-state index is 13.7. The summed E-state index contributed by atoms with van der Waals surface area (Å²) in [5.74, 6) is -2.43. The Balaban J connectivity index is 1.88. The van der Waals surface area contributed by atoms with Gasteiger partial charge in [-0.25, -0.2) is 13.8 Å². The van der Waals surface area contributed by atoms with Crippen molar-refractivity contribution in [2.24, 2.45) is 0 Å². The van der Waals surface area contributed by atoms with E-state index in [0.29, 0.717) is 12.3 Å². The molecule has 0 saturated heterocycles. The van der Waals surface area contributed by atoms with Gasteiger partial charge in [-0.15, -0.1) is 0 Å². The highest BCUT2D eigenvalue weighted by atomic mass is 19.1. The Bertz CT molecular complexity index is 1040. The molecule has 2 heterocycles. The third-order valence-corrected chi connectivity index (χ3v) is 4.73. The summed E-state index contributed by atoms with van der Waals surface area (Å²) < 4.78 is 32.8. The lowest BCUT2D eigenvalue weighted by Crippen LogP contribution is -2.18. The van der Waals surface area contributed by atoms with Crippen LogP contribution >= 0.6 is 0 Å². The number of anilines is 1. The lowest BCUT2D eigenvalue weighted by molar-refractivity contribution is -0.112. The van der Waals surface area contributed by atoms with Crippen molar-refractivity contribution in [3.8, 4) is 17.0 Å². The zero-order valence-corrected chi connectivity index (χ0v) is 16.5. The van der Waals surface area contributed by atoms with Gasteiger partial charge in [-0.3, -0.25) is 9.78 Å². The van der Waals surface area contributed by atoms with Gasteiger partial charge in [-0.2, -0.15) is 0 Å². The number of hydrogen-bond donors (Lipinski definition) is 1. The van der Waals surface area contributed by atoms with Crippen molar-refractivity contribution in [3.63, 3.8) is 0 Å². The molecule has 7 heteroatoms. The highest BCUT2D eigenvalue weighted by Gasteiger charge is 2.32. The van der Waals surface area contributed by atoms with Gasteiger partial charge >= 0.3 is 0 Å². The number of hydrogen-bond acceptors (Lipinski definition) is 4. The largest absolute Gasteiger partial charge is 0.492 e. The molecule has 2 aromatic rings. The number of nitrogens with one attached hydrogen (secondary N) is 1. The topological polar surface area (TPSA) is 64.1 Å². The summed E-state index contributed by atoms with van der Waals surface area (Å²) in [6.45, 7) is 12.9. The minimum absolute atomic E-state index is 0.0526. The van der Waals surface area contributed by atoms with E-state index in [1.165, 1.54) is 12.4 Å². The molecule has 0 saturated carbocycles. The van der Waals surface area contributed by atoms with Crippen molar-refractivity contribution < 1.29 is 18.3 Å². The van der Waals surface area contributed by atoms with E-state index in [4.69, 9.17) is 4.74 Å². The molecule has 1 N–H and O–H groups in total. The van der Waals surface area contributed by atoms with Crippen LogP contribution in [0.25, 0.3) is 11.3 Å². The normalized spacial score (nSPS) is 15.1. The van der Waals surface area contributed by atoms with Crippen LogP contribution in [0.2, 0.25) is 0 Å². The predicted octanol–water partition coefficient (Wildman–Crippen LogP) is 4.95. The Hall–Kier alpha value is -3.35. The molecule has 1 aliphatic rings. The average molecular weight is 397 g/mol. The van der Waals surface area contributed by atoms with Crippen molar-refractivity contribution in [1.29, 1.82) is 0 Å². The summed E-state index contributed by atoms with van der Waals surface area (Å²) in [4.78, 5) is 20.6.